The fraction of sp³-hybridized carbons (Fsp3) is 0.562. The van der Waals surface area contributed by atoms with E-state index in [4.69, 9.17) is 4.74 Å². The van der Waals surface area contributed by atoms with E-state index in [0.717, 1.165) is 17.5 Å². The lowest BCUT2D eigenvalue weighted by Crippen LogP contribution is -2.47. The summed E-state index contributed by atoms with van der Waals surface area (Å²) in [5.74, 6) is 0. The molecule has 0 aliphatic carbocycles. The maximum absolute atomic E-state index is 12.4. The van der Waals surface area contributed by atoms with E-state index >= 15 is 0 Å². The number of amides is 2. The summed E-state index contributed by atoms with van der Waals surface area (Å²) in [4.78, 5) is 18.6. The van der Waals surface area contributed by atoms with E-state index in [1.165, 1.54) is 0 Å². The van der Waals surface area contributed by atoms with Crippen LogP contribution in [0.1, 0.15) is 33.2 Å². The number of hydrogen-bond donors (Lipinski definition) is 1. The molecule has 0 aromatic carbocycles. The number of pyridine rings is 1. The molecule has 1 saturated heterocycles. The third kappa shape index (κ3) is 3.29. The maximum atomic E-state index is 12.4. The van der Waals surface area contributed by atoms with E-state index in [2.05, 4.69) is 36.2 Å². The first-order valence-corrected chi connectivity index (χ1v) is 8.09. The van der Waals surface area contributed by atoms with Crippen molar-refractivity contribution < 1.29 is 9.53 Å². The number of nitrogens with zero attached hydrogens (tertiary/aromatic N) is 4. The summed E-state index contributed by atoms with van der Waals surface area (Å²) in [5.41, 5.74) is 1.51. The van der Waals surface area contributed by atoms with Crippen molar-refractivity contribution in [2.24, 2.45) is 0 Å². The predicted molar refractivity (Wildman–Crippen MR) is 88.5 cm³/mol. The monoisotopic (exact) mass is 317 g/mol. The van der Waals surface area contributed by atoms with Crippen molar-refractivity contribution in [1.29, 1.82) is 0 Å². The summed E-state index contributed by atoms with van der Waals surface area (Å²) in [6.45, 7) is 8.02. The number of rotatable bonds is 3. The van der Waals surface area contributed by atoms with Gasteiger partial charge in [-0.3, -0.25) is 0 Å². The number of carbonyl (C=O) groups excluding carboxylic acids is 1. The van der Waals surface area contributed by atoms with Gasteiger partial charge in [0, 0.05) is 24.5 Å². The zero-order valence-electron chi connectivity index (χ0n) is 13.8. The van der Waals surface area contributed by atoms with E-state index in [0.29, 0.717) is 25.4 Å². The van der Waals surface area contributed by atoms with Gasteiger partial charge < -0.3 is 15.0 Å². The molecule has 1 aliphatic rings. The highest BCUT2D eigenvalue weighted by molar-refractivity contribution is 5.91. The van der Waals surface area contributed by atoms with Gasteiger partial charge in [-0.05, 0) is 26.3 Å². The molecule has 23 heavy (non-hydrogen) atoms. The van der Waals surface area contributed by atoms with Crippen LogP contribution in [0.3, 0.4) is 0 Å². The molecule has 2 aromatic heterocycles. The Morgan fingerprint density at radius 1 is 1.48 bits per heavy atom. The third-order valence-electron chi connectivity index (χ3n) is 4.06. The molecule has 7 heteroatoms. The first-order valence-electron chi connectivity index (χ1n) is 8.09. The van der Waals surface area contributed by atoms with Crippen LogP contribution >= 0.6 is 0 Å². The fourth-order valence-corrected chi connectivity index (χ4v) is 2.74. The van der Waals surface area contributed by atoms with Gasteiger partial charge in [-0.1, -0.05) is 6.92 Å². The normalized spacial score (nSPS) is 18.6. The molecule has 0 bridgehead atoms. The number of fused-ring (bicyclic) bond motifs is 1. The number of morpholine rings is 1. The molecule has 1 N–H and O–H groups in total. The molecule has 0 spiro atoms. The van der Waals surface area contributed by atoms with Crippen molar-refractivity contribution in [3.05, 3.63) is 18.5 Å². The van der Waals surface area contributed by atoms with Gasteiger partial charge in [-0.25, -0.2) is 14.5 Å². The Balaban J connectivity index is 1.72. The van der Waals surface area contributed by atoms with Crippen molar-refractivity contribution in [1.82, 2.24) is 19.7 Å². The first kappa shape index (κ1) is 15.7. The SMILES string of the molecule is CCC1CN(C(=O)Nc2cnc3c(cnn3C(C)C)c2)CCO1. The summed E-state index contributed by atoms with van der Waals surface area (Å²) >= 11 is 0. The molecule has 2 aromatic rings. The van der Waals surface area contributed by atoms with Crippen LogP contribution in [0.4, 0.5) is 10.5 Å². The van der Waals surface area contributed by atoms with E-state index in [1.807, 2.05) is 10.7 Å². The predicted octanol–water partition coefficient (Wildman–Crippen LogP) is 2.65. The van der Waals surface area contributed by atoms with Crippen molar-refractivity contribution in [3.63, 3.8) is 0 Å². The Bertz CT molecular complexity index is 697. The molecular weight excluding hydrogens is 294 g/mol. The highest BCUT2D eigenvalue weighted by Gasteiger charge is 2.23. The van der Waals surface area contributed by atoms with Gasteiger partial charge in [0.1, 0.15) is 0 Å². The molecule has 2 amide bonds. The second kappa shape index (κ2) is 6.54. The van der Waals surface area contributed by atoms with Gasteiger partial charge in [-0.15, -0.1) is 0 Å². The lowest BCUT2D eigenvalue weighted by molar-refractivity contribution is -0.0134. The summed E-state index contributed by atoms with van der Waals surface area (Å²) in [7, 11) is 0. The Hall–Kier alpha value is -2.15. The summed E-state index contributed by atoms with van der Waals surface area (Å²) in [6, 6.07) is 2.05. The van der Waals surface area contributed by atoms with Crippen LogP contribution in [0, 0.1) is 0 Å². The van der Waals surface area contributed by atoms with Crippen LogP contribution in [0.15, 0.2) is 18.5 Å². The molecular formula is C16H23N5O2. The van der Waals surface area contributed by atoms with Crippen molar-refractivity contribution in [2.45, 2.75) is 39.3 Å². The van der Waals surface area contributed by atoms with Crippen molar-refractivity contribution >= 4 is 22.8 Å². The molecule has 124 valence electrons. The smallest absolute Gasteiger partial charge is 0.322 e. The lowest BCUT2D eigenvalue weighted by Gasteiger charge is -2.32. The molecule has 1 fully saturated rings. The van der Waals surface area contributed by atoms with Crippen LogP contribution in [0.2, 0.25) is 0 Å². The van der Waals surface area contributed by atoms with Gasteiger partial charge in [0.05, 0.1) is 30.8 Å². The zero-order valence-corrected chi connectivity index (χ0v) is 13.8. The minimum atomic E-state index is -0.107. The lowest BCUT2D eigenvalue weighted by atomic mass is 10.2. The second-order valence-corrected chi connectivity index (χ2v) is 6.10. The standard InChI is InChI=1S/C16H23N5O2/c1-4-14-10-20(5-6-23-14)16(22)19-13-7-12-8-18-21(11(2)3)15(12)17-9-13/h7-9,11,14H,4-6,10H2,1-3H3,(H,19,22). The zero-order chi connectivity index (χ0) is 16.4. The Labute approximate surface area is 135 Å². The topological polar surface area (TPSA) is 72.3 Å². The highest BCUT2D eigenvalue weighted by Crippen LogP contribution is 2.19. The molecule has 1 aliphatic heterocycles. The average Bonchev–Trinajstić information content (AvgIpc) is 2.98. The van der Waals surface area contributed by atoms with E-state index in [-0.39, 0.29) is 18.2 Å². The van der Waals surface area contributed by atoms with Gasteiger partial charge in [0.25, 0.3) is 0 Å². The summed E-state index contributed by atoms with van der Waals surface area (Å²) < 4.78 is 7.47. The fourth-order valence-electron chi connectivity index (χ4n) is 2.74. The molecule has 1 unspecified atom stereocenters. The summed E-state index contributed by atoms with van der Waals surface area (Å²) in [6.07, 6.45) is 4.49. The highest BCUT2D eigenvalue weighted by atomic mass is 16.5. The number of urea groups is 1. The second-order valence-electron chi connectivity index (χ2n) is 6.10. The van der Waals surface area contributed by atoms with E-state index < -0.39 is 0 Å². The largest absolute Gasteiger partial charge is 0.375 e. The van der Waals surface area contributed by atoms with Gasteiger partial charge in [-0.2, -0.15) is 5.10 Å². The minimum Gasteiger partial charge on any atom is -0.375 e. The van der Waals surface area contributed by atoms with E-state index in [9.17, 15) is 4.79 Å². The van der Waals surface area contributed by atoms with Crippen LogP contribution in [-0.2, 0) is 4.74 Å². The number of nitrogens with one attached hydrogen (secondary N) is 1. The molecule has 3 rings (SSSR count). The third-order valence-corrected chi connectivity index (χ3v) is 4.06. The van der Waals surface area contributed by atoms with Gasteiger partial charge in [0.2, 0.25) is 0 Å². The molecule has 0 radical (unpaired) electrons. The molecule has 7 nitrogen and oxygen atoms in total. The Morgan fingerprint density at radius 3 is 3.04 bits per heavy atom. The number of hydrogen-bond acceptors (Lipinski definition) is 4. The number of carbonyl (C=O) groups is 1. The Kier molecular flexibility index (Phi) is 4.47. The van der Waals surface area contributed by atoms with Crippen molar-refractivity contribution in [3.8, 4) is 0 Å². The van der Waals surface area contributed by atoms with Crippen LogP contribution in [0.25, 0.3) is 11.0 Å². The van der Waals surface area contributed by atoms with Gasteiger partial charge >= 0.3 is 6.03 Å². The Morgan fingerprint density at radius 2 is 2.30 bits per heavy atom. The average molecular weight is 317 g/mol. The van der Waals surface area contributed by atoms with Crippen LogP contribution in [-0.4, -0.2) is 51.5 Å². The number of aromatic nitrogens is 3. The van der Waals surface area contributed by atoms with Crippen molar-refractivity contribution in [2.75, 3.05) is 25.0 Å². The first-order chi connectivity index (χ1) is 11.1. The quantitative estimate of drug-likeness (QED) is 0.944. The maximum Gasteiger partial charge on any atom is 0.322 e. The minimum absolute atomic E-state index is 0.107. The van der Waals surface area contributed by atoms with Gasteiger partial charge in [0.15, 0.2) is 5.65 Å². The number of anilines is 1. The van der Waals surface area contributed by atoms with Crippen LogP contribution < -0.4 is 5.32 Å². The molecule has 1 atom stereocenters. The molecule has 3 heterocycles. The summed E-state index contributed by atoms with van der Waals surface area (Å²) in [5, 5.41) is 8.18. The van der Waals surface area contributed by atoms with Crippen LogP contribution in [0.5, 0.6) is 0 Å². The number of ether oxygens (including phenoxy) is 1. The van der Waals surface area contributed by atoms with E-state index in [1.54, 1.807) is 17.3 Å². The molecule has 0 saturated carbocycles.